The predicted molar refractivity (Wildman–Crippen MR) is 106 cm³/mol. The summed E-state index contributed by atoms with van der Waals surface area (Å²) in [5, 5.41) is 59.4. The molecule has 2 aromatic carbocycles. The molecule has 10 heteroatoms. The van der Waals surface area contributed by atoms with Gasteiger partial charge in [-0.15, -0.1) is 0 Å². The van der Waals surface area contributed by atoms with Gasteiger partial charge in [0.2, 0.25) is 17.5 Å². The Morgan fingerprint density at radius 2 is 1.58 bits per heavy atom. The number of phenolic OH excluding ortho intramolecular Hbond substituents is 3. The van der Waals surface area contributed by atoms with E-state index < -0.39 is 47.6 Å². The summed E-state index contributed by atoms with van der Waals surface area (Å²) in [6.45, 7) is 1.45. The zero-order chi connectivity index (χ0) is 22.4. The molecule has 0 amide bonds. The van der Waals surface area contributed by atoms with Crippen molar-refractivity contribution in [3.8, 4) is 34.3 Å². The average molecular weight is 432 g/mol. The van der Waals surface area contributed by atoms with Crippen molar-refractivity contribution in [2.24, 2.45) is 0 Å². The van der Waals surface area contributed by atoms with Crippen molar-refractivity contribution in [3.05, 3.63) is 46.6 Å². The molecule has 0 unspecified atom stereocenters. The third-order valence-corrected chi connectivity index (χ3v) is 5.09. The van der Waals surface area contributed by atoms with Gasteiger partial charge in [0.25, 0.3) is 0 Å². The fourth-order valence-electron chi connectivity index (χ4n) is 3.41. The number of benzene rings is 2. The summed E-state index contributed by atoms with van der Waals surface area (Å²) in [4.78, 5) is 13.2. The zero-order valence-corrected chi connectivity index (χ0v) is 16.2. The molecular weight excluding hydrogens is 412 g/mol. The molecule has 0 aliphatic carbocycles. The third-order valence-electron chi connectivity index (χ3n) is 5.09. The van der Waals surface area contributed by atoms with Crippen molar-refractivity contribution in [1.82, 2.24) is 0 Å². The lowest BCUT2D eigenvalue weighted by Gasteiger charge is -2.38. The second kappa shape index (κ2) is 7.75. The minimum Gasteiger partial charge on any atom is -0.508 e. The Balaban J connectivity index is 1.90. The van der Waals surface area contributed by atoms with Crippen LogP contribution in [0.3, 0.4) is 0 Å². The highest BCUT2D eigenvalue weighted by Gasteiger charge is 2.44. The van der Waals surface area contributed by atoms with Gasteiger partial charge in [0.05, 0.1) is 6.10 Å². The summed E-state index contributed by atoms with van der Waals surface area (Å²) in [5.41, 5.74) is -0.661. The van der Waals surface area contributed by atoms with Crippen LogP contribution in [0.1, 0.15) is 6.92 Å². The number of aliphatic hydroxyl groups excluding tert-OH is 3. The standard InChI is InChI=1S/C21H20O10/c1-8-15(25)17(27)18(28)21(29-8)31-20-16(26)14-12(24)6-11(23)7-13(14)30-19(20)9-2-4-10(22)5-3-9/h2-8,15,17-18,21-25,27-28H,1H3/t8-,15-,17+,18-,21-/m0/s1. The minimum atomic E-state index is -1.69. The summed E-state index contributed by atoms with van der Waals surface area (Å²) in [7, 11) is 0. The van der Waals surface area contributed by atoms with E-state index in [1.165, 1.54) is 31.2 Å². The summed E-state index contributed by atoms with van der Waals surface area (Å²) >= 11 is 0. The van der Waals surface area contributed by atoms with Gasteiger partial charge >= 0.3 is 0 Å². The lowest BCUT2D eigenvalue weighted by Crippen LogP contribution is -2.58. The second-order valence-corrected chi connectivity index (χ2v) is 7.27. The Morgan fingerprint density at radius 3 is 2.26 bits per heavy atom. The predicted octanol–water partition coefficient (Wildman–Crippen LogP) is 0.783. The highest BCUT2D eigenvalue weighted by molar-refractivity contribution is 5.88. The number of rotatable bonds is 3. The van der Waals surface area contributed by atoms with Crippen LogP contribution in [0.2, 0.25) is 0 Å². The van der Waals surface area contributed by atoms with Gasteiger partial charge in [-0.25, -0.2) is 0 Å². The van der Waals surface area contributed by atoms with Crippen LogP contribution in [0.4, 0.5) is 0 Å². The van der Waals surface area contributed by atoms with Crippen LogP contribution >= 0.6 is 0 Å². The molecule has 2 heterocycles. The maximum atomic E-state index is 13.2. The first-order valence-corrected chi connectivity index (χ1v) is 9.36. The lowest BCUT2D eigenvalue weighted by molar-refractivity contribution is -0.268. The molecular formula is C21H20O10. The van der Waals surface area contributed by atoms with Gasteiger partial charge in [0.1, 0.15) is 46.5 Å². The van der Waals surface area contributed by atoms with Gasteiger partial charge in [-0.1, -0.05) is 0 Å². The van der Waals surface area contributed by atoms with Crippen molar-refractivity contribution in [3.63, 3.8) is 0 Å². The smallest absolute Gasteiger partial charge is 0.239 e. The Hall–Kier alpha value is -3.31. The highest BCUT2D eigenvalue weighted by Crippen LogP contribution is 2.37. The van der Waals surface area contributed by atoms with Crippen molar-refractivity contribution < 1.29 is 44.5 Å². The van der Waals surface area contributed by atoms with E-state index in [0.717, 1.165) is 12.1 Å². The SMILES string of the molecule is C[C@@H]1O[C@@H](Oc2c(-c3ccc(O)cc3)oc3cc(O)cc(O)c3c2=O)[C@@H](O)[C@H](O)[C@H]1O. The van der Waals surface area contributed by atoms with Crippen LogP contribution in [-0.4, -0.2) is 61.3 Å². The molecule has 164 valence electrons. The third kappa shape index (κ3) is 3.66. The molecule has 0 radical (unpaired) electrons. The van der Waals surface area contributed by atoms with Crippen molar-refractivity contribution >= 4 is 11.0 Å². The summed E-state index contributed by atoms with van der Waals surface area (Å²) in [6.07, 6.45) is -7.11. The lowest BCUT2D eigenvalue weighted by atomic mass is 10.00. The molecule has 0 saturated carbocycles. The van der Waals surface area contributed by atoms with Crippen molar-refractivity contribution in [2.75, 3.05) is 0 Å². The Bertz CT molecular complexity index is 1170. The quantitative estimate of drug-likeness (QED) is 0.348. The Morgan fingerprint density at radius 1 is 0.903 bits per heavy atom. The van der Waals surface area contributed by atoms with E-state index in [0.29, 0.717) is 5.56 Å². The fourth-order valence-corrected chi connectivity index (χ4v) is 3.41. The van der Waals surface area contributed by atoms with Crippen LogP contribution in [0.5, 0.6) is 23.0 Å². The molecule has 3 aromatic rings. The number of phenols is 3. The van der Waals surface area contributed by atoms with E-state index in [2.05, 4.69) is 0 Å². The Kier molecular flexibility index (Phi) is 5.23. The monoisotopic (exact) mass is 432 g/mol. The molecule has 31 heavy (non-hydrogen) atoms. The van der Waals surface area contributed by atoms with Crippen molar-refractivity contribution in [1.29, 1.82) is 0 Å². The number of ether oxygens (including phenoxy) is 2. The van der Waals surface area contributed by atoms with Crippen LogP contribution in [0.25, 0.3) is 22.3 Å². The number of fused-ring (bicyclic) bond motifs is 1. The topological polar surface area (TPSA) is 170 Å². The van der Waals surface area contributed by atoms with Crippen LogP contribution in [0.15, 0.2) is 45.6 Å². The molecule has 0 spiro atoms. The van der Waals surface area contributed by atoms with Crippen LogP contribution in [-0.2, 0) is 4.74 Å². The minimum absolute atomic E-state index is 0.0402. The molecule has 1 aromatic heterocycles. The average Bonchev–Trinajstić information content (AvgIpc) is 2.72. The Labute approximate surface area is 174 Å². The van der Waals surface area contributed by atoms with Crippen molar-refractivity contribution in [2.45, 2.75) is 37.6 Å². The van der Waals surface area contributed by atoms with Crippen LogP contribution < -0.4 is 10.2 Å². The first-order valence-electron chi connectivity index (χ1n) is 9.36. The fraction of sp³-hybridized carbons (Fsp3) is 0.286. The van der Waals surface area contributed by atoms with E-state index in [1.807, 2.05) is 0 Å². The van der Waals surface area contributed by atoms with Gasteiger partial charge in [-0.05, 0) is 31.2 Å². The zero-order valence-electron chi connectivity index (χ0n) is 16.2. The molecule has 1 aliphatic rings. The molecule has 10 nitrogen and oxygen atoms in total. The largest absolute Gasteiger partial charge is 0.508 e. The maximum absolute atomic E-state index is 13.2. The molecule has 4 rings (SSSR count). The van der Waals surface area contributed by atoms with E-state index >= 15 is 0 Å². The van der Waals surface area contributed by atoms with E-state index in [4.69, 9.17) is 13.9 Å². The second-order valence-electron chi connectivity index (χ2n) is 7.27. The number of hydrogen-bond acceptors (Lipinski definition) is 10. The van der Waals surface area contributed by atoms with Gasteiger partial charge in [-0.3, -0.25) is 4.79 Å². The van der Waals surface area contributed by atoms with E-state index in [9.17, 15) is 35.4 Å². The maximum Gasteiger partial charge on any atom is 0.239 e. The van der Waals surface area contributed by atoms with Gasteiger partial charge in [-0.2, -0.15) is 0 Å². The summed E-state index contributed by atoms with van der Waals surface area (Å²) in [6, 6.07) is 7.66. The van der Waals surface area contributed by atoms with E-state index in [1.54, 1.807) is 0 Å². The molecule has 0 bridgehead atoms. The first-order chi connectivity index (χ1) is 14.7. The number of aliphatic hydroxyl groups is 3. The number of hydrogen-bond donors (Lipinski definition) is 6. The normalized spacial score (nSPS) is 26.1. The van der Waals surface area contributed by atoms with Gasteiger partial charge < -0.3 is 44.5 Å². The summed E-state index contributed by atoms with van der Waals surface area (Å²) < 4.78 is 16.8. The van der Waals surface area contributed by atoms with E-state index in [-0.39, 0.29) is 28.2 Å². The highest BCUT2D eigenvalue weighted by atomic mass is 16.7. The van der Waals surface area contributed by atoms with Gasteiger partial charge in [0, 0.05) is 17.7 Å². The molecule has 1 fully saturated rings. The molecule has 1 saturated heterocycles. The molecule has 1 aliphatic heterocycles. The first kappa shape index (κ1) is 20.9. The number of aromatic hydroxyl groups is 3. The van der Waals surface area contributed by atoms with Crippen LogP contribution in [0, 0.1) is 0 Å². The molecule has 5 atom stereocenters. The summed E-state index contributed by atoms with van der Waals surface area (Å²) in [5.74, 6) is -1.51. The van der Waals surface area contributed by atoms with Gasteiger partial charge in [0.15, 0.2) is 5.76 Å². The molecule has 6 N–H and O–H groups in total.